The molecule has 0 saturated carbocycles. The predicted molar refractivity (Wildman–Crippen MR) is 92.6 cm³/mol. The first-order valence-electron chi connectivity index (χ1n) is 6.82. The van der Waals surface area contributed by atoms with E-state index in [2.05, 4.69) is 10.3 Å². The van der Waals surface area contributed by atoms with Crippen LogP contribution in [0.5, 0.6) is 0 Å². The molecule has 6 nitrogen and oxygen atoms in total. The first kappa shape index (κ1) is 17.3. The number of hydrogen-bond donors (Lipinski definition) is 3. The smallest absolute Gasteiger partial charge is 0.234 e. The maximum Gasteiger partial charge on any atom is 0.234 e. The molecule has 2 amide bonds. The minimum atomic E-state index is -0.363. The minimum absolute atomic E-state index is 0.0665. The van der Waals surface area contributed by atoms with Gasteiger partial charge in [0.2, 0.25) is 11.8 Å². The molecule has 23 heavy (non-hydrogen) atoms. The van der Waals surface area contributed by atoms with Crippen LogP contribution in [0.2, 0.25) is 0 Å². The molecule has 0 fully saturated rings. The van der Waals surface area contributed by atoms with Crippen LogP contribution in [-0.4, -0.2) is 16.8 Å². The largest absolute Gasteiger partial charge is 0.326 e. The third-order valence-electron chi connectivity index (χ3n) is 2.74. The lowest BCUT2D eigenvalue weighted by atomic mass is 10.2. The first-order chi connectivity index (χ1) is 11.2. The first-order valence-corrected chi connectivity index (χ1v) is 8.97. The molecule has 120 valence electrons. The number of nitrogens with one attached hydrogen (secondary N) is 2. The quantitative estimate of drug-likeness (QED) is 0.308. The summed E-state index contributed by atoms with van der Waals surface area (Å²) in [4.78, 5) is 27.9. The minimum Gasteiger partial charge on any atom is -0.326 e. The fraction of sp³-hybridized carbons (Fsp3) is 0.133. The zero-order chi connectivity index (χ0) is 16.5. The molecule has 2 aromatic rings. The number of pyridine rings is 1. The third-order valence-corrected chi connectivity index (χ3v) is 5.04. The average Bonchev–Trinajstić information content (AvgIpc) is 2.60. The van der Waals surface area contributed by atoms with Crippen molar-refractivity contribution in [3.63, 3.8) is 0 Å². The summed E-state index contributed by atoms with van der Waals surface area (Å²) in [6.07, 6.45) is 1.92. The summed E-state index contributed by atoms with van der Waals surface area (Å²) >= 11 is 0. The van der Waals surface area contributed by atoms with Crippen LogP contribution in [0.3, 0.4) is 0 Å². The normalized spacial score (nSPS) is 10.1. The molecule has 4 N–H and O–H groups in total. The number of nitrogens with zero attached hydrogens (tertiary/aromatic N) is 1. The van der Waals surface area contributed by atoms with Crippen molar-refractivity contribution in [2.75, 3.05) is 5.32 Å². The molecule has 1 aromatic carbocycles. The number of benzene rings is 1. The maximum absolute atomic E-state index is 11.7. The average molecular weight is 348 g/mol. The van der Waals surface area contributed by atoms with Crippen molar-refractivity contribution in [1.29, 1.82) is 0 Å². The van der Waals surface area contributed by atoms with Crippen LogP contribution in [0.25, 0.3) is 0 Å². The van der Waals surface area contributed by atoms with Gasteiger partial charge in [-0.05, 0) is 47.2 Å². The van der Waals surface area contributed by atoms with Crippen LogP contribution in [0, 0.1) is 0 Å². The van der Waals surface area contributed by atoms with E-state index < -0.39 is 0 Å². The van der Waals surface area contributed by atoms with Crippen molar-refractivity contribution in [3.8, 4) is 0 Å². The lowest BCUT2D eigenvalue weighted by Gasteiger charge is -2.06. The Balaban J connectivity index is 1.80. The number of nitrogens with two attached hydrogens (primary N) is 1. The van der Waals surface area contributed by atoms with E-state index in [0.717, 1.165) is 9.92 Å². The monoisotopic (exact) mass is 348 g/mol. The van der Waals surface area contributed by atoms with Gasteiger partial charge < -0.3 is 5.32 Å². The summed E-state index contributed by atoms with van der Waals surface area (Å²) in [5.74, 6) is 4.37. The Bertz CT molecular complexity index is 650. The number of amides is 2. The number of rotatable bonds is 7. The van der Waals surface area contributed by atoms with Gasteiger partial charge in [-0.2, -0.15) is 0 Å². The standard InChI is InChI=1S/C15H16N4O2S2/c16-19-14(21)9-8-13(20)18-11-4-6-12(7-5-11)22-23-15-3-1-2-10-17-15/h1-7,10H,8-9,16H2,(H,18,20)(H,19,21). The van der Waals surface area contributed by atoms with Crippen LogP contribution in [-0.2, 0) is 9.59 Å². The molecule has 0 atom stereocenters. The highest BCUT2D eigenvalue weighted by Crippen LogP contribution is 2.36. The molecule has 2 rings (SSSR count). The molecule has 0 aliphatic rings. The molecular weight excluding hydrogens is 332 g/mol. The zero-order valence-electron chi connectivity index (χ0n) is 12.2. The Hall–Kier alpha value is -2.03. The Kier molecular flexibility index (Phi) is 6.92. The Morgan fingerprint density at radius 3 is 2.39 bits per heavy atom. The van der Waals surface area contributed by atoms with Gasteiger partial charge in [0.05, 0.1) is 0 Å². The molecule has 0 aliphatic heterocycles. The highest BCUT2D eigenvalue weighted by molar-refractivity contribution is 8.76. The van der Waals surface area contributed by atoms with Gasteiger partial charge in [0.1, 0.15) is 5.03 Å². The van der Waals surface area contributed by atoms with Crippen LogP contribution in [0.1, 0.15) is 12.8 Å². The maximum atomic E-state index is 11.7. The summed E-state index contributed by atoms with van der Waals surface area (Å²) in [5.41, 5.74) is 2.68. The van der Waals surface area contributed by atoms with Crippen LogP contribution in [0.4, 0.5) is 5.69 Å². The number of anilines is 1. The topological polar surface area (TPSA) is 97.1 Å². The molecule has 0 saturated heterocycles. The highest BCUT2D eigenvalue weighted by Gasteiger charge is 2.06. The van der Waals surface area contributed by atoms with Crippen molar-refractivity contribution >= 4 is 39.1 Å². The van der Waals surface area contributed by atoms with Gasteiger partial charge in [-0.3, -0.25) is 15.0 Å². The summed E-state index contributed by atoms with van der Waals surface area (Å²) in [6, 6.07) is 13.3. The number of carbonyl (C=O) groups is 2. The van der Waals surface area contributed by atoms with E-state index in [9.17, 15) is 9.59 Å². The molecule has 0 unspecified atom stereocenters. The summed E-state index contributed by atoms with van der Waals surface area (Å²) in [5, 5.41) is 3.67. The van der Waals surface area contributed by atoms with E-state index in [1.165, 1.54) is 0 Å². The number of hydrazine groups is 1. The van der Waals surface area contributed by atoms with E-state index in [0.29, 0.717) is 5.69 Å². The number of hydrogen-bond acceptors (Lipinski definition) is 6. The van der Waals surface area contributed by atoms with E-state index in [1.807, 2.05) is 47.9 Å². The third kappa shape index (κ3) is 6.31. The summed E-state index contributed by atoms with van der Waals surface area (Å²) in [6.45, 7) is 0. The molecule has 0 radical (unpaired) electrons. The van der Waals surface area contributed by atoms with Crippen LogP contribution in [0.15, 0.2) is 58.6 Å². The van der Waals surface area contributed by atoms with Gasteiger partial charge in [0.25, 0.3) is 0 Å². The Morgan fingerprint density at radius 2 is 1.74 bits per heavy atom. The van der Waals surface area contributed by atoms with Crippen LogP contribution >= 0.6 is 21.6 Å². The van der Waals surface area contributed by atoms with Gasteiger partial charge in [-0.1, -0.05) is 16.9 Å². The SMILES string of the molecule is NNC(=O)CCC(=O)Nc1ccc(SSc2ccccn2)cc1. The summed E-state index contributed by atoms with van der Waals surface area (Å²) in [7, 11) is 3.16. The van der Waals surface area contributed by atoms with Crippen molar-refractivity contribution in [3.05, 3.63) is 48.7 Å². The van der Waals surface area contributed by atoms with Gasteiger partial charge in [0, 0.05) is 29.6 Å². The van der Waals surface area contributed by atoms with Gasteiger partial charge in [0.15, 0.2) is 0 Å². The fourth-order valence-corrected chi connectivity index (χ4v) is 3.44. The number of carbonyl (C=O) groups excluding carboxylic acids is 2. The van der Waals surface area contributed by atoms with Gasteiger partial charge >= 0.3 is 0 Å². The molecule has 8 heteroatoms. The van der Waals surface area contributed by atoms with E-state index >= 15 is 0 Å². The Labute approximate surface area is 142 Å². The zero-order valence-corrected chi connectivity index (χ0v) is 13.8. The van der Waals surface area contributed by atoms with Crippen LogP contribution < -0.4 is 16.6 Å². The fourth-order valence-electron chi connectivity index (χ4n) is 1.60. The highest BCUT2D eigenvalue weighted by atomic mass is 33.1. The second-order valence-electron chi connectivity index (χ2n) is 4.47. The van der Waals surface area contributed by atoms with Crippen molar-refractivity contribution in [1.82, 2.24) is 10.4 Å². The van der Waals surface area contributed by atoms with Gasteiger partial charge in [-0.25, -0.2) is 10.8 Å². The second-order valence-corrected chi connectivity index (χ2v) is 6.70. The Morgan fingerprint density at radius 1 is 1.00 bits per heavy atom. The second kappa shape index (κ2) is 9.19. The lowest BCUT2D eigenvalue weighted by molar-refractivity contribution is -0.124. The van der Waals surface area contributed by atoms with Crippen molar-refractivity contribution in [2.45, 2.75) is 22.8 Å². The molecule has 0 bridgehead atoms. The van der Waals surface area contributed by atoms with E-state index in [4.69, 9.17) is 5.84 Å². The molecule has 0 aliphatic carbocycles. The molecule has 0 spiro atoms. The molecule has 1 aromatic heterocycles. The van der Waals surface area contributed by atoms with Crippen molar-refractivity contribution in [2.24, 2.45) is 5.84 Å². The molecular formula is C15H16N4O2S2. The van der Waals surface area contributed by atoms with Crippen molar-refractivity contribution < 1.29 is 9.59 Å². The van der Waals surface area contributed by atoms with E-state index in [1.54, 1.807) is 27.8 Å². The predicted octanol–water partition coefficient (Wildman–Crippen LogP) is 2.59. The number of aromatic nitrogens is 1. The molecule has 1 heterocycles. The lowest BCUT2D eigenvalue weighted by Crippen LogP contribution is -2.30. The summed E-state index contributed by atoms with van der Waals surface area (Å²) < 4.78 is 0. The van der Waals surface area contributed by atoms with E-state index in [-0.39, 0.29) is 24.7 Å². The van der Waals surface area contributed by atoms with Gasteiger partial charge in [-0.15, -0.1) is 0 Å².